The first kappa shape index (κ1) is 17.2. The molecule has 0 N–H and O–H groups in total. The molecule has 0 aliphatic rings. The third-order valence-corrected chi connectivity index (χ3v) is 5.52. The molecule has 0 amide bonds. The largest absolute Gasteiger partial charge is 0.461 e. The zero-order chi connectivity index (χ0) is 18.0. The Bertz CT molecular complexity index is 1010. The molecule has 130 valence electrons. The topological polar surface area (TPSA) is 117 Å². The summed E-state index contributed by atoms with van der Waals surface area (Å²) in [4.78, 5) is 12.2. The number of rotatable bonds is 5. The molecule has 2 heterocycles. The summed E-state index contributed by atoms with van der Waals surface area (Å²) in [7, 11) is -3.88. The molecule has 9 nitrogen and oxygen atoms in total. The lowest BCUT2D eigenvalue weighted by molar-refractivity contribution is 0.0520. The van der Waals surface area contributed by atoms with Gasteiger partial charge in [0.1, 0.15) is 10.6 Å². The van der Waals surface area contributed by atoms with Crippen molar-refractivity contribution < 1.29 is 17.9 Å². The fraction of sp³-hybridized carbons (Fsp3) is 0.214. The van der Waals surface area contributed by atoms with Crippen LogP contribution in [0.2, 0.25) is 0 Å². The van der Waals surface area contributed by atoms with E-state index in [4.69, 9.17) is 4.74 Å². The monoisotopic (exact) mass is 379 g/mol. The Morgan fingerprint density at radius 1 is 1.24 bits per heavy atom. The second-order valence-electron chi connectivity index (χ2n) is 4.97. The van der Waals surface area contributed by atoms with Gasteiger partial charge in [-0.1, -0.05) is 27.4 Å². The molecule has 3 rings (SSSR count). The number of nitrogens with zero attached hydrogens (tertiary/aromatic N) is 5. The number of hydrogen-bond donors (Lipinski definition) is 0. The molecular formula is C14H13N5O4S2. The Hall–Kier alpha value is -2.66. The molecule has 3 aromatic rings. The van der Waals surface area contributed by atoms with Gasteiger partial charge in [0.25, 0.3) is 10.0 Å². The van der Waals surface area contributed by atoms with Gasteiger partial charge < -0.3 is 4.74 Å². The molecule has 0 atom stereocenters. The van der Waals surface area contributed by atoms with Gasteiger partial charge in [0.15, 0.2) is 5.69 Å². The summed E-state index contributed by atoms with van der Waals surface area (Å²) >= 11 is 0.906. The Kier molecular flexibility index (Phi) is 4.59. The average molecular weight is 379 g/mol. The fourth-order valence-electron chi connectivity index (χ4n) is 1.98. The average Bonchev–Trinajstić information content (AvgIpc) is 3.25. The van der Waals surface area contributed by atoms with Gasteiger partial charge in [-0.2, -0.15) is 8.42 Å². The van der Waals surface area contributed by atoms with E-state index in [9.17, 15) is 13.2 Å². The van der Waals surface area contributed by atoms with Crippen molar-refractivity contribution >= 4 is 27.5 Å². The lowest BCUT2D eigenvalue weighted by atomic mass is 10.2. The van der Waals surface area contributed by atoms with E-state index in [1.165, 1.54) is 18.3 Å². The summed E-state index contributed by atoms with van der Waals surface area (Å²) in [6.07, 6.45) is 1.22. The summed E-state index contributed by atoms with van der Waals surface area (Å²) in [5.74, 6) is -0.651. The van der Waals surface area contributed by atoms with Crippen molar-refractivity contribution in [1.82, 2.24) is 24.0 Å². The summed E-state index contributed by atoms with van der Waals surface area (Å²) in [5.41, 5.74) is 1.09. The third kappa shape index (κ3) is 3.28. The molecule has 25 heavy (non-hydrogen) atoms. The Labute approximate surface area is 147 Å². The number of carbonyl (C=O) groups is 1. The maximum Gasteiger partial charge on any atom is 0.360 e. The van der Waals surface area contributed by atoms with Crippen LogP contribution in [0.4, 0.5) is 0 Å². The van der Waals surface area contributed by atoms with E-state index in [1.807, 2.05) is 6.92 Å². The van der Waals surface area contributed by atoms with Crippen LogP contribution in [-0.2, 0) is 14.8 Å². The molecule has 0 saturated carbocycles. The standard InChI is InChI=1S/C14H13N5O4S2/c1-3-23-14(20)12-13(24-18-16-12)11-8-19(17-15-11)25(21,22)10-6-4-9(2)5-7-10/h4-8H,3H2,1-2H3. The Morgan fingerprint density at radius 2 is 1.96 bits per heavy atom. The van der Waals surface area contributed by atoms with Gasteiger partial charge in [-0.25, -0.2) is 4.79 Å². The van der Waals surface area contributed by atoms with Crippen molar-refractivity contribution in [2.24, 2.45) is 0 Å². The van der Waals surface area contributed by atoms with Crippen molar-refractivity contribution in [3.63, 3.8) is 0 Å². The van der Waals surface area contributed by atoms with E-state index in [2.05, 4.69) is 19.9 Å². The van der Waals surface area contributed by atoms with Gasteiger partial charge in [0, 0.05) is 0 Å². The van der Waals surface area contributed by atoms with Crippen LogP contribution in [0, 0.1) is 6.92 Å². The highest BCUT2D eigenvalue weighted by Gasteiger charge is 2.24. The fourth-order valence-corrected chi connectivity index (χ4v) is 3.65. The number of aromatic nitrogens is 5. The molecule has 0 aliphatic carbocycles. The summed E-state index contributed by atoms with van der Waals surface area (Å²) in [6.45, 7) is 3.71. The zero-order valence-electron chi connectivity index (χ0n) is 13.3. The number of ether oxygens (including phenoxy) is 1. The number of aryl methyl sites for hydroxylation is 1. The van der Waals surface area contributed by atoms with E-state index >= 15 is 0 Å². The SMILES string of the molecule is CCOC(=O)c1nnsc1-c1cn(S(=O)(=O)c2ccc(C)cc2)nn1. The minimum atomic E-state index is -3.88. The second kappa shape index (κ2) is 6.69. The zero-order valence-corrected chi connectivity index (χ0v) is 14.9. The van der Waals surface area contributed by atoms with Crippen LogP contribution >= 0.6 is 11.5 Å². The molecular weight excluding hydrogens is 366 g/mol. The van der Waals surface area contributed by atoms with E-state index in [1.54, 1.807) is 19.1 Å². The molecule has 0 radical (unpaired) electrons. The number of benzene rings is 1. The molecule has 0 bridgehead atoms. The molecule has 2 aromatic heterocycles. The summed E-state index contributed by atoms with van der Waals surface area (Å²) < 4.78 is 34.5. The van der Waals surface area contributed by atoms with Crippen LogP contribution in [0.15, 0.2) is 35.4 Å². The minimum Gasteiger partial charge on any atom is -0.461 e. The predicted molar refractivity (Wildman–Crippen MR) is 88.6 cm³/mol. The first-order valence-electron chi connectivity index (χ1n) is 7.18. The quantitative estimate of drug-likeness (QED) is 0.613. The van der Waals surface area contributed by atoms with Crippen molar-refractivity contribution in [2.45, 2.75) is 18.7 Å². The second-order valence-corrected chi connectivity index (χ2v) is 7.52. The van der Waals surface area contributed by atoms with E-state index in [-0.39, 0.29) is 22.9 Å². The first-order chi connectivity index (χ1) is 11.9. The Balaban J connectivity index is 1.97. The van der Waals surface area contributed by atoms with Gasteiger partial charge in [0.2, 0.25) is 0 Å². The van der Waals surface area contributed by atoms with Gasteiger partial charge in [-0.3, -0.25) is 0 Å². The van der Waals surface area contributed by atoms with E-state index < -0.39 is 16.0 Å². The highest BCUT2D eigenvalue weighted by Crippen LogP contribution is 2.25. The molecule has 0 aliphatic heterocycles. The van der Waals surface area contributed by atoms with Crippen molar-refractivity contribution in [1.29, 1.82) is 0 Å². The predicted octanol–water partition coefficient (Wildman–Crippen LogP) is 1.52. The van der Waals surface area contributed by atoms with Crippen molar-refractivity contribution in [3.05, 3.63) is 41.7 Å². The third-order valence-electron chi connectivity index (χ3n) is 3.23. The number of esters is 1. The molecule has 0 spiro atoms. The minimum absolute atomic E-state index is 0.0216. The van der Waals surface area contributed by atoms with E-state index in [0.717, 1.165) is 21.2 Å². The lowest BCUT2D eigenvalue weighted by Gasteiger charge is -2.03. The van der Waals surface area contributed by atoms with Crippen LogP contribution < -0.4 is 0 Å². The molecule has 0 saturated heterocycles. The Morgan fingerprint density at radius 3 is 2.64 bits per heavy atom. The van der Waals surface area contributed by atoms with Crippen LogP contribution in [0.1, 0.15) is 23.0 Å². The van der Waals surface area contributed by atoms with Crippen LogP contribution in [0.25, 0.3) is 10.6 Å². The molecule has 0 fully saturated rings. The normalized spacial score (nSPS) is 11.4. The van der Waals surface area contributed by atoms with Gasteiger partial charge in [0.05, 0.1) is 17.7 Å². The maximum absolute atomic E-state index is 12.6. The lowest BCUT2D eigenvalue weighted by Crippen LogP contribution is -2.13. The van der Waals surface area contributed by atoms with Crippen molar-refractivity contribution in [2.75, 3.05) is 6.61 Å². The molecule has 1 aromatic carbocycles. The van der Waals surface area contributed by atoms with Crippen molar-refractivity contribution in [3.8, 4) is 10.6 Å². The summed E-state index contributed by atoms with van der Waals surface area (Å²) in [5, 5.41) is 11.2. The summed E-state index contributed by atoms with van der Waals surface area (Å²) in [6, 6.07) is 6.36. The molecule has 11 heteroatoms. The van der Waals surface area contributed by atoms with E-state index in [0.29, 0.717) is 4.88 Å². The number of hydrogen-bond acceptors (Lipinski definition) is 9. The highest BCUT2D eigenvalue weighted by molar-refractivity contribution is 7.89. The molecule has 0 unspecified atom stereocenters. The van der Waals surface area contributed by atoms with Crippen LogP contribution in [0.5, 0.6) is 0 Å². The number of carbonyl (C=O) groups excluding carboxylic acids is 1. The van der Waals surface area contributed by atoms with Gasteiger partial charge >= 0.3 is 5.97 Å². The first-order valence-corrected chi connectivity index (χ1v) is 9.39. The van der Waals surface area contributed by atoms with Crippen LogP contribution in [-0.4, -0.2) is 45.0 Å². The smallest absolute Gasteiger partial charge is 0.360 e. The van der Waals surface area contributed by atoms with Crippen LogP contribution in [0.3, 0.4) is 0 Å². The maximum atomic E-state index is 12.6. The highest BCUT2D eigenvalue weighted by atomic mass is 32.2. The van der Waals surface area contributed by atoms with Gasteiger partial charge in [-0.05, 0) is 37.5 Å². The van der Waals surface area contributed by atoms with Gasteiger partial charge in [-0.15, -0.1) is 14.3 Å².